The van der Waals surface area contributed by atoms with Gasteiger partial charge in [0.2, 0.25) is 0 Å². The summed E-state index contributed by atoms with van der Waals surface area (Å²) in [6.45, 7) is 0.254. The molecule has 0 aliphatic rings. The number of thioether (sulfide) groups is 1. The molecule has 6 heteroatoms. The number of halogens is 1. The minimum absolute atomic E-state index is 0.254. The van der Waals surface area contributed by atoms with Crippen LogP contribution < -0.4 is 4.74 Å². The highest BCUT2D eigenvalue weighted by molar-refractivity contribution is 7.98. The van der Waals surface area contributed by atoms with E-state index in [0.29, 0.717) is 16.9 Å². The van der Waals surface area contributed by atoms with Crippen LogP contribution in [-0.2, 0) is 12.4 Å². The molecule has 0 atom stereocenters. The smallest absolute Gasteiger partial charge is 0.277 e. The minimum Gasteiger partial charge on any atom is -0.484 e. The zero-order valence-electron chi connectivity index (χ0n) is 11.6. The highest BCUT2D eigenvalue weighted by Gasteiger charge is 2.09. The van der Waals surface area contributed by atoms with Crippen molar-refractivity contribution in [3.05, 3.63) is 71.1 Å². The zero-order chi connectivity index (χ0) is 15.2. The Labute approximate surface area is 137 Å². The van der Waals surface area contributed by atoms with Crippen LogP contribution >= 0.6 is 23.4 Å². The molecule has 0 unspecified atom stereocenters. The summed E-state index contributed by atoms with van der Waals surface area (Å²) < 4.78 is 11.1. The molecule has 1 aromatic heterocycles. The summed E-state index contributed by atoms with van der Waals surface area (Å²) >= 11 is 7.56. The van der Waals surface area contributed by atoms with Gasteiger partial charge < -0.3 is 9.15 Å². The molecule has 0 saturated heterocycles. The third-order valence-corrected chi connectivity index (χ3v) is 4.10. The van der Waals surface area contributed by atoms with E-state index in [1.165, 1.54) is 11.8 Å². The summed E-state index contributed by atoms with van der Waals surface area (Å²) in [5, 5.41) is 9.21. The molecule has 3 rings (SSSR count). The molecule has 112 valence electrons. The first-order valence-electron chi connectivity index (χ1n) is 6.68. The Morgan fingerprint density at radius 2 is 1.77 bits per heavy atom. The van der Waals surface area contributed by atoms with Crippen LogP contribution in [0.1, 0.15) is 11.5 Å². The van der Waals surface area contributed by atoms with Gasteiger partial charge in [0.05, 0.1) is 0 Å². The Morgan fingerprint density at radius 3 is 2.59 bits per heavy atom. The van der Waals surface area contributed by atoms with E-state index >= 15 is 0 Å². The highest BCUT2D eigenvalue weighted by Crippen LogP contribution is 2.25. The maximum atomic E-state index is 6.11. The Kier molecular flexibility index (Phi) is 4.98. The predicted octanol–water partition coefficient (Wildman–Crippen LogP) is 4.59. The minimum atomic E-state index is 0.254. The summed E-state index contributed by atoms with van der Waals surface area (Å²) in [6, 6.07) is 17.2. The van der Waals surface area contributed by atoms with Gasteiger partial charge in [0.25, 0.3) is 11.1 Å². The van der Waals surface area contributed by atoms with E-state index in [2.05, 4.69) is 10.2 Å². The SMILES string of the molecule is Clc1ccccc1CSc1nnc(COc2ccccc2)o1. The molecule has 0 bridgehead atoms. The normalized spacial score (nSPS) is 10.6. The van der Waals surface area contributed by atoms with Crippen molar-refractivity contribution in [3.8, 4) is 5.75 Å². The average Bonchev–Trinajstić information content (AvgIpc) is 3.01. The molecule has 0 N–H and O–H groups in total. The predicted molar refractivity (Wildman–Crippen MR) is 86.1 cm³/mol. The lowest BCUT2D eigenvalue weighted by Crippen LogP contribution is -1.95. The zero-order valence-corrected chi connectivity index (χ0v) is 13.2. The standard InChI is InChI=1S/C16H13ClN2O2S/c17-14-9-5-4-6-12(14)11-22-16-19-18-15(21-16)10-20-13-7-2-1-3-8-13/h1-9H,10-11H2. The molecule has 0 fully saturated rings. The van der Waals surface area contributed by atoms with Gasteiger partial charge in [0.15, 0.2) is 6.61 Å². The number of hydrogen-bond donors (Lipinski definition) is 0. The fraction of sp³-hybridized carbons (Fsp3) is 0.125. The summed E-state index contributed by atoms with van der Waals surface area (Å²) in [7, 11) is 0. The molecule has 0 aliphatic carbocycles. The lowest BCUT2D eigenvalue weighted by molar-refractivity contribution is 0.252. The molecular formula is C16H13ClN2O2S. The highest BCUT2D eigenvalue weighted by atomic mass is 35.5. The second kappa shape index (κ2) is 7.33. The van der Waals surface area contributed by atoms with Crippen LogP contribution in [0.5, 0.6) is 5.75 Å². The molecule has 2 aromatic carbocycles. The Balaban J connectivity index is 1.54. The number of benzene rings is 2. The van der Waals surface area contributed by atoms with E-state index in [4.69, 9.17) is 20.8 Å². The van der Waals surface area contributed by atoms with Gasteiger partial charge in [-0.15, -0.1) is 10.2 Å². The van der Waals surface area contributed by atoms with Crippen LogP contribution in [0, 0.1) is 0 Å². The average molecular weight is 333 g/mol. The first-order valence-corrected chi connectivity index (χ1v) is 8.04. The number of para-hydroxylation sites is 1. The van der Waals surface area contributed by atoms with Gasteiger partial charge in [-0.2, -0.15) is 0 Å². The van der Waals surface area contributed by atoms with Crippen molar-refractivity contribution < 1.29 is 9.15 Å². The van der Waals surface area contributed by atoms with E-state index < -0.39 is 0 Å². The molecule has 0 amide bonds. The third kappa shape index (κ3) is 4.02. The van der Waals surface area contributed by atoms with E-state index in [1.807, 2.05) is 54.6 Å². The summed E-state index contributed by atoms with van der Waals surface area (Å²) in [5.74, 6) is 1.90. The molecule has 22 heavy (non-hydrogen) atoms. The topological polar surface area (TPSA) is 48.2 Å². The van der Waals surface area contributed by atoms with Crippen molar-refractivity contribution in [2.45, 2.75) is 17.6 Å². The Morgan fingerprint density at radius 1 is 1.00 bits per heavy atom. The van der Waals surface area contributed by atoms with Gasteiger partial charge in [0, 0.05) is 10.8 Å². The van der Waals surface area contributed by atoms with Gasteiger partial charge in [-0.3, -0.25) is 0 Å². The van der Waals surface area contributed by atoms with Crippen molar-refractivity contribution in [1.82, 2.24) is 10.2 Å². The fourth-order valence-electron chi connectivity index (χ4n) is 1.77. The Hall–Kier alpha value is -1.98. The van der Waals surface area contributed by atoms with Crippen molar-refractivity contribution in [1.29, 1.82) is 0 Å². The lowest BCUT2D eigenvalue weighted by atomic mass is 10.2. The molecule has 3 aromatic rings. The Bertz CT molecular complexity index is 734. The van der Waals surface area contributed by atoms with E-state index in [9.17, 15) is 0 Å². The number of hydrogen-bond acceptors (Lipinski definition) is 5. The lowest BCUT2D eigenvalue weighted by Gasteiger charge is -2.02. The van der Waals surface area contributed by atoms with Gasteiger partial charge in [-0.25, -0.2) is 0 Å². The first kappa shape index (κ1) is 14.9. The number of aromatic nitrogens is 2. The third-order valence-electron chi connectivity index (χ3n) is 2.86. The van der Waals surface area contributed by atoms with Crippen LogP contribution in [0.4, 0.5) is 0 Å². The molecule has 4 nitrogen and oxygen atoms in total. The van der Waals surface area contributed by atoms with Gasteiger partial charge in [-0.1, -0.05) is 59.8 Å². The van der Waals surface area contributed by atoms with E-state index in [1.54, 1.807) is 0 Å². The number of ether oxygens (including phenoxy) is 1. The maximum absolute atomic E-state index is 6.11. The summed E-state index contributed by atoms with van der Waals surface area (Å²) in [4.78, 5) is 0. The van der Waals surface area contributed by atoms with Crippen LogP contribution in [-0.4, -0.2) is 10.2 Å². The van der Waals surface area contributed by atoms with Crippen LogP contribution in [0.2, 0.25) is 5.02 Å². The summed E-state index contributed by atoms with van der Waals surface area (Å²) in [6.07, 6.45) is 0. The van der Waals surface area contributed by atoms with E-state index in [0.717, 1.165) is 16.3 Å². The first-order chi connectivity index (χ1) is 10.8. The monoisotopic (exact) mass is 332 g/mol. The molecule has 0 aliphatic heterocycles. The molecule has 0 spiro atoms. The largest absolute Gasteiger partial charge is 0.484 e. The van der Waals surface area contributed by atoms with Gasteiger partial charge in [-0.05, 0) is 23.8 Å². The second-order valence-corrected chi connectivity index (χ2v) is 5.78. The fourth-order valence-corrected chi connectivity index (χ4v) is 2.84. The number of rotatable bonds is 6. The molecule has 0 saturated carbocycles. The maximum Gasteiger partial charge on any atom is 0.277 e. The van der Waals surface area contributed by atoms with Gasteiger partial charge >= 0.3 is 0 Å². The van der Waals surface area contributed by atoms with Crippen LogP contribution in [0.15, 0.2) is 64.2 Å². The molecular weight excluding hydrogens is 320 g/mol. The molecule has 0 radical (unpaired) electrons. The van der Waals surface area contributed by atoms with Crippen LogP contribution in [0.3, 0.4) is 0 Å². The van der Waals surface area contributed by atoms with Crippen molar-refractivity contribution >= 4 is 23.4 Å². The van der Waals surface area contributed by atoms with Crippen molar-refractivity contribution in [2.75, 3.05) is 0 Å². The van der Waals surface area contributed by atoms with Crippen LogP contribution in [0.25, 0.3) is 0 Å². The summed E-state index contributed by atoms with van der Waals surface area (Å²) in [5.41, 5.74) is 1.04. The quantitative estimate of drug-likeness (QED) is 0.618. The van der Waals surface area contributed by atoms with Gasteiger partial charge in [0.1, 0.15) is 5.75 Å². The van der Waals surface area contributed by atoms with E-state index in [-0.39, 0.29) is 6.61 Å². The van der Waals surface area contributed by atoms with Crippen molar-refractivity contribution in [2.24, 2.45) is 0 Å². The molecule has 1 heterocycles. The second-order valence-electron chi connectivity index (χ2n) is 4.44. The number of nitrogens with zero attached hydrogens (tertiary/aromatic N) is 2. The van der Waals surface area contributed by atoms with Crippen molar-refractivity contribution in [3.63, 3.8) is 0 Å².